The molecular weight excluding hydrogens is 258 g/mol. The van der Waals surface area contributed by atoms with Crippen molar-refractivity contribution in [3.63, 3.8) is 0 Å². The van der Waals surface area contributed by atoms with Crippen LogP contribution >= 0.6 is 11.6 Å². The Labute approximate surface area is 110 Å². The van der Waals surface area contributed by atoms with Crippen molar-refractivity contribution in [1.29, 1.82) is 0 Å². The Kier molecular flexibility index (Phi) is 3.71. The standard InChI is InChI=1S/C14H15ClF2O/c1-9-2-3-11(8-12(9)15)13(18)10-4-6-14(16,17)7-5-10/h2-3,8,10H,4-7H2,1H3. The first kappa shape index (κ1) is 13.5. The van der Waals surface area contributed by atoms with Gasteiger partial charge in [-0.1, -0.05) is 23.7 Å². The first-order valence-corrected chi connectivity index (χ1v) is 6.45. The fourth-order valence-electron chi connectivity index (χ4n) is 2.28. The second-order valence-corrected chi connectivity index (χ2v) is 5.37. The van der Waals surface area contributed by atoms with Gasteiger partial charge >= 0.3 is 0 Å². The van der Waals surface area contributed by atoms with E-state index in [9.17, 15) is 13.6 Å². The summed E-state index contributed by atoms with van der Waals surface area (Å²) in [5, 5.41) is 0.544. The molecule has 1 aliphatic carbocycles. The van der Waals surface area contributed by atoms with Gasteiger partial charge in [-0.2, -0.15) is 0 Å². The molecule has 0 N–H and O–H groups in total. The average Bonchev–Trinajstić information content (AvgIpc) is 2.32. The van der Waals surface area contributed by atoms with Crippen molar-refractivity contribution in [2.24, 2.45) is 5.92 Å². The zero-order valence-electron chi connectivity index (χ0n) is 10.2. The van der Waals surface area contributed by atoms with Crippen LogP contribution in [0.25, 0.3) is 0 Å². The number of Topliss-reactive ketones (excluding diaryl/α,β-unsaturated/α-hetero) is 1. The van der Waals surface area contributed by atoms with Crippen LogP contribution in [-0.2, 0) is 0 Å². The normalized spacial score (nSPS) is 19.8. The zero-order chi connectivity index (χ0) is 13.3. The third-order valence-corrected chi connectivity index (χ3v) is 3.95. The summed E-state index contributed by atoms with van der Waals surface area (Å²) in [4.78, 5) is 12.2. The highest BCUT2D eigenvalue weighted by molar-refractivity contribution is 6.31. The first-order valence-electron chi connectivity index (χ1n) is 6.07. The van der Waals surface area contributed by atoms with E-state index in [1.165, 1.54) is 0 Å². The molecule has 1 aromatic carbocycles. The molecule has 0 aromatic heterocycles. The van der Waals surface area contributed by atoms with E-state index in [1.54, 1.807) is 18.2 Å². The number of halogens is 3. The molecule has 0 spiro atoms. The topological polar surface area (TPSA) is 17.1 Å². The van der Waals surface area contributed by atoms with Crippen molar-refractivity contribution in [1.82, 2.24) is 0 Å². The summed E-state index contributed by atoms with van der Waals surface area (Å²) in [5.41, 5.74) is 1.43. The summed E-state index contributed by atoms with van der Waals surface area (Å²) in [7, 11) is 0. The molecule has 1 saturated carbocycles. The molecule has 4 heteroatoms. The van der Waals surface area contributed by atoms with Crippen LogP contribution in [0.2, 0.25) is 5.02 Å². The molecule has 2 rings (SSSR count). The molecule has 1 aromatic rings. The van der Waals surface area contributed by atoms with Gasteiger partial charge in [-0.05, 0) is 31.4 Å². The van der Waals surface area contributed by atoms with Gasteiger partial charge < -0.3 is 0 Å². The molecule has 0 radical (unpaired) electrons. The Morgan fingerprint density at radius 2 is 1.94 bits per heavy atom. The molecule has 1 fully saturated rings. The van der Waals surface area contributed by atoms with Crippen molar-refractivity contribution in [2.75, 3.05) is 0 Å². The Hall–Kier alpha value is -0.960. The number of benzene rings is 1. The number of hydrogen-bond acceptors (Lipinski definition) is 1. The number of ketones is 1. The van der Waals surface area contributed by atoms with Crippen molar-refractivity contribution in [2.45, 2.75) is 38.5 Å². The van der Waals surface area contributed by atoms with Crippen LogP contribution in [0.4, 0.5) is 8.78 Å². The van der Waals surface area contributed by atoms with E-state index in [1.807, 2.05) is 6.92 Å². The second kappa shape index (κ2) is 4.96. The third kappa shape index (κ3) is 2.89. The minimum Gasteiger partial charge on any atom is -0.294 e. The third-order valence-electron chi connectivity index (χ3n) is 3.54. The number of carbonyl (C=O) groups excluding carboxylic acids is 1. The Morgan fingerprint density at radius 3 is 2.50 bits per heavy atom. The molecular formula is C14H15ClF2O. The van der Waals surface area contributed by atoms with Gasteiger partial charge in [-0.25, -0.2) is 8.78 Å². The largest absolute Gasteiger partial charge is 0.294 e. The molecule has 0 bridgehead atoms. The highest BCUT2D eigenvalue weighted by Gasteiger charge is 2.37. The first-order chi connectivity index (χ1) is 8.39. The van der Waals surface area contributed by atoms with E-state index in [2.05, 4.69) is 0 Å². The maximum Gasteiger partial charge on any atom is 0.248 e. The molecule has 0 amide bonds. The quantitative estimate of drug-likeness (QED) is 0.716. The van der Waals surface area contributed by atoms with Gasteiger partial charge in [-0.3, -0.25) is 4.79 Å². The van der Waals surface area contributed by atoms with E-state index in [0.29, 0.717) is 10.6 Å². The smallest absolute Gasteiger partial charge is 0.248 e. The highest BCUT2D eigenvalue weighted by atomic mass is 35.5. The molecule has 0 atom stereocenters. The summed E-state index contributed by atoms with van der Waals surface area (Å²) < 4.78 is 26.1. The van der Waals surface area contributed by atoms with E-state index in [0.717, 1.165) is 5.56 Å². The zero-order valence-corrected chi connectivity index (χ0v) is 10.9. The van der Waals surface area contributed by atoms with Crippen molar-refractivity contribution in [3.05, 3.63) is 34.3 Å². The minimum absolute atomic E-state index is 0.0626. The van der Waals surface area contributed by atoms with Crippen LogP contribution in [0, 0.1) is 12.8 Å². The Balaban J connectivity index is 2.10. The maximum absolute atomic E-state index is 13.0. The summed E-state index contributed by atoms with van der Waals surface area (Å²) in [6.07, 6.45) is 0.140. The van der Waals surface area contributed by atoms with Crippen molar-refractivity contribution < 1.29 is 13.6 Å². The number of carbonyl (C=O) groups is 1. The molecule has 18 heavy (non-hydrogen) atoms. The lowest BCUT2D eigenvalue weighted by atomic mass is 9.82. The molecule has 1 aliphatic rings. The van der Waals surface area contributed by atoms with Crippen LogP contribution in [0.1, 0.15) is 41.6 Å². The monoisotopic (exact) mass is 272 g/mol. The molecule has 0 unspecified atom stereocenters. The summed E-state index contributed by atoms with van der Waals surface area (Å²) in [5.74, 6) is -2.95. The van der Waals surface area contributed by atoms with Crippen LogP contribution in [0.15, 0.2) is 18.2 Å². The van der Waals surface area contributed by atoms with Gasteiger partial charge in [0.25, 0.3) is 0 Å². The lowest BCUT2D eigenvalue weighted by Crippen LogP contribution is -2.28. The van der Waals surface area contributed by atoms with Gasteiger partial charge in [0.15, 0.2) is 5.78 Å². The highest BCUT2D eigenvalue weighted by Crippen LogP contribution is 2.37. The maximum atomic E-state index is 13.0. The SMILES string of the molecule is Cc1ccc(C(=O)C2CCC(F)(F)CC2)cc1Cl. The van der Waals surface area contributed by atoms with Crippen LogP contribution in [-0.4, -0.2) is 11.7 Å². The summed E-state index contributed by atoms with van der Waals surface area (Å²) in [6, 6.07) is 5.13. The van der Waals surface area contributed by atoms with Gasteiger partial charge in [0, 0.05) is 29.3 Å². The fraction of sp³-hybridized carbons (Fsp3) is 0.500. The molecule has 98 valence electrons. The van der Waals surface area contributed by atoms with E-state index >= 15 is 0 Å². The van der Waals surface area contributed by atoms with Crippen molar-refractivity contribution in [3.8, 4) is 0 Å². The molecule has 0 aliphatic heterocycles. The lowest BCUT2D eigenvalue weighted by Gasteiger charge is -2.27. The van der Waals surface area contributed by atoms with Gasteiger partial charge in [-0.15, -0.1) is 0 Å². The molecule has 1 nitrogen and oxygen atoms in total. The van der Waals surface area contributed by atoms with Gasteiger partial charge in [0.05, 0.1) is 0 Å². The Bertz CT molecular complexity index is 461. The fourth-order valence-corrected chi connectivity index (χ4v) is 2.46. The summed E-state index contributed by atoms with van der Waals surface area (Å²) >= 11 is 5.97. The van der Waals surface area contributed by atoms with Crippen LogP contribution in [0.5, 0.6) is 0 Å². The number of hydrogen-bond donors (Lipinski definition) is 0. The van der Waals surface area contributed by atoms with E-state index in [4.69, 9.17) is 11.6 Å². The van der Waals surface area contributed by atoms with Crippen LogP contribution in [0.3, 0.4) is 0 Å². The van der Waals surface area contributed by atoms with Crippen LogP contribution < -0.4 is 0 Å². The van der Waals surface area contributed by atoms with E-state index in [-0.39, 0.29) is 37.4 Å². The average molecular weight is 273 g/mol. The minimum atomic E-state index is -2.60. The van der Waals surface area contributed by atoms with E-state index < -0.39 is 5.92 Å². The Morgan fingerprint density at radius 1 is 1.33 bits per heavy atom. The predicted octanol–water partition coefficient (Wildman–Crippen LogP) is 4.66. The molecule has 0 saturated heterocycles. The predicted molar refractivity (Wildman–Crippen MR) is 67.4 cm³/mol. The molecule has 0 heterocycles. The number of alkyl halides is 2. The number of rotatable bonds is 2. The van der Waals surface area contributed by atoms with Gasteiger partial charge in [0.2, 0.25) is 5.92 Å². The summed E-state index contributed by atoms with van der Waals surface area (Å²) in [6.45, 7) is 1.86. The van der Waals surface area contributed by atoms with Crippen molar-refractivity contribution >= 4 is 17.4 Å². The lowest BCUT2D eigenvalue weighted by molar-refractivity contribution is -0.0424. The number of aryl methyl sites for hydroxylation is 1. The van der Waals surface area contributed by atoms with Gasteiger partial charge in [0.1, 0.15) is 0 Å². The second-order valence-electron chi connectivity index (χ2n) is 4.96.